The van der Waals surface area contributed by atoms with Crippen LogP contribution in [0.25, 0.3) is 0 Å². The van der Waals surface area contributed by atoms with E-state index in [0.717, 1.165) is 24.6 Å². The number of carbonyl (C=O) groups is 1. The molecule has 4 nitrogen and oxygen atoms in total. The Kier molecular flexibility index (Phi) is 10.9. The lowest BCUT2D eigenvalue weighted by atomic mass is 10.2. The Morgan fingerprint density at radius 3 is 2.83 bits per heavy atom. The van der Waals surface area contributed by atoms with Gasteiger partial charge in [-0.15, -0.1) is 12.4 Å². The molecule has 0 saturated carbocycles. The third-order valence-corrected chi connectivity index (χ3v) is 3.99. The Bertz CT molecular complexity index is 226. The van der Waals surface area contributed by atoms with Crippen LogP contribution >= 0.6 is 24.2 Å². The average molecular weight is 297 g/mol. The van der Waals surface area contributed by atoms with Crippen molar-refractivity contribution in [3.05, 3.63) is 0 Å². The molecule has 0 aliphatic carbocycles. The van der Waals surface area contributed by atoms with Crippen LogP contribution in [0.4, 0.5) is 0 Å². The van der Waals surface area contributed by atoms with Crippen LogP contribution in [0.5, 0.6) is 0 Å². The number of likely N-dealkylation sites (N-methyl/N-ethyl adjacent to an activating group) is 1. The van der Waals surface area contributed by atoms with E-state index in [2.05, 4.69) is 5.32 Å². The van der Waals surface area contributed by atoms with E-state index < -0.39 is 0 Å². The predicted molar refractivity (Wildman–Crippen MR) is 79.7 cm³/mol. The van der Waals surface area contributed by atoms with Crippen molar-refractivity contribution in [3.63, 3.8) is 0 Å². The monoisotopic (exact) mass is 296 g/mol. The van der Waals surface area contributed by atoms with Crippen molar-refractivity contribution >= 4 is 30.1 Å². The van der Waals surface area contributed by atoms with Crippen LogP contribution in [0.1, 0.15) is 20.3 Å². The molecule has 1 aliphatic heterocycles. The van der Waals surface area contributed by atoms with Crippen LogP contribution in [0.2, 0.25) is 0 Å². The molecule has 0 aromatic rings. The van der Waals surface area contributed by atoms with Gasteiger partial charge in [-0.3, -0.25) is 4.79 Å². The minimum absolute atomic E-state index is 0. The maximum Gasteiger partial charge on any atom is 0.224 e. The fourth-order valence-corrected chi connectivity index (χ4v) is 2.82. The highest BCUT2D eigenvalue weighted by atomic mass is 35.5. The van der Waals surface area contributed by atoms with Crippen molar-refractivity contribution in [2.45, 2.75) is 26.3 Å². The van der Waals surface area contributed by atoms with Gasteiger partial charge in [0.15, 0.2) is 0 Å². The molecule has 0 aromatic heterocycles. The number of hydrogen-bond acceptors (Lipinski definition) is 4. The van der Waals surface area contributed by atoms with Gasteiger partial charge in [0.2, 0.25) is 5.91 Å². The van der Waals surface area contributed by atoms with E-state index >= 15 is 0 Å². The molecular formula is C12H25ClN2O2S. The maximum atomic E-state index is 12.1. The summed E-state index contributed by atoms with van der Waals surface area (Å²) in [7, 11) is 0. The first-order valence-electron chi connectivity index (χ1n) is 6.44. The van der Waals surface area contributed by atoms with Gasteiger partial charge >= 0.3 is 0 Å². The van der Waals surface area contributed by atoms with Gasteiger partial charge in [-0.2, -0.15) is 11.8 Å². The molecule has 0 radical (unpaired) electrons. The second-order valence-electron chi connectivity index (χ2n) is 4.10. The van der Waals surface area contributed by atoms with E-state index in [1.54, 1.807) is 0 Å². The van der Waals surface area contributed by atoms with E-state index in [0.29, 0.717) is 32.2 Å². The van der Waals surface area contributed by atoms with Crippen molar-refractivity contribution in [2.75, 3.05) is 44.4 Å². The molecule has 1 amide bonds. The number of hydrogen-bond donors (Lipinski definition) is 1. The molecule has 1 rings (SSSR count). The highest BCUT2D eigenvalue weighted by Gasteiger charge is 2.19. The zero-order chi connectivity index (χ0) is 12.5. The number of nitrogens with zero attached hydrogens (tertiary/aromatic N) is 1. The molecule has 18 heavy (non-hydrogen) atoms. The Morgan fingerprint density at radius 2 is 2.28 bits per heavy atom. The summed E-state index contributed by atoms with van der Waals surface area (Å²) in [5.74, 6) is 2.45. The molecule has 0 aromatic carbocycles. The Morgan fingerprint density at radius 1 is 1.50 bits per heavy atom. The maximum absolute atomic E-state index is 12.1. The zero-order valence-electron chi connectivity index (χ0n) is 11.3. The van der Waals surface area contributed by atoms with Crippen LogP contribution in [0, 0.1) is 0 Å². The molecule has 108 valence electrons. The Balaban J connectivity index is 0.00000289. The van der Waals surface area contributed by atoms with E-state index in [9.17, 15) is 4.79 Å². The molecule has 1 unspecified atom stereocenters. The molecule has 1 aliphatic rings. The fraction of sp³-hybridized carbons (Fsp3) is 0.917. The van der Waals surface area contributed by atoms with E-state index in [-0.39, 0.29) is 18.3 Å². The summed E-state index contributed by atoms with van der Waals surface area (Å²) in [5.41, 5.74) is 0. The van der Waals surface area contributed by atoms with Crippen LogP contribution in [0.15, 0.2) is 0 Å². The molecule has 1 heterocycles. The number of ether oxygens (including phenoxy) is 1. The van der Waals surface area contributed by atoms with Crippen molar-refractivity contribution in [1.82, 2.24) is 10.2 Å². The zero-order valence-corrected chi connectivity index (χ0v) is 12.9. The minimum Gasteiger partial charge on any atom is -0.380 e. The summed E-state index contributed by atoms with van der Waals surface area (Å²) < 4.78 is 5.29. The van der Waals surface area contributed by atoms with E-state index in [1.165, 1.54) is 0 Å². The van der Waals surface area contributed by atoms with Gasteiger partial charge in [0.25, 0.3) is 0 Å². The molecule has 6 heteroatoms. The minimum atomic E-state index is 0. The molecule has 0 bridgehead atoms. The highest BCUT2D eigenvalue weighted by molar-refractivity contribution is 7.99. The lowest BCUT2D eigenvalue weighted by Gasteiger charge is -2.26. The average Bonchev–Trinajstić information content (AvgIpc) is 2.36. The number of amides is 1. The summed E-state index contributed by atoms with van der Waals surface area (Å²) in [6, 6.07) is 0.349. The normalized spacial score (nSPS) is 19.1. The van der Waals surface area contributed by atoms with Gasteiger partial charge in [0, 0.05) is 50.2 Å². The standard InChI is InChI=1S/C12H24N2O2S.ClH/c1-3-14(6-7-16-4-2)12(15)9-11-10-17-8-5-13-11;/h11,13H,3-10H2,1-2H3;1H. The van der Waals surface area contributed by atoms with Gasteiger partial charge in [-0.25, -0.2) is 0 Å². The fourth-order valence-electron chi connectivity index (χ4n) is 1.87. The number of thioether (sulfide) groups is 1. The lowest BCUT2D eigenvalue weighted by molar-refractivity contribution is -0.132. The summed E-state index contributed by atoms with van der Waals surface area (Å²) in [6.07, 6.45) is 0.618. The first-order valence-corrected chi connectivity index (χ1v) is 7.60. The van der Waals surface area contributed by atoms with Crippen LogP contribution in [-0.4, -0.2) is 61.2 Å². The van der Waals surface area contributed by atoms with Crippen LogP contribution < -0.4 is 5.32 Å². The van der Waals surface area contributed by atoms with Gasteiger partial charge in [-0.05, 0) is 13.8 Å². The van der Waals surface area contributed by atoms with Crippen molar-refractivity contribution in [1.29, 1.82) is 0 Å². The SMILES string of the molecule is CCOCCN(CC)C(=O)CC1CSCCN1.Cl. The third-order valence-electron chi connectivity index (χ3n) is 2.86. The van der Waals surface area contributed by atoms with Crippen molar-refractivity contribution in [2.24, 2.45) is 0 Å². The van der Waals surface area contributed by atoms with E-state index in [1.807, 2.05) is 30.5 Å². The molecule has 1 atom stereocenters. The van der Waals surface area contributed by atoms with Crippen LogP contribution in [-0.2, 0) is 9.53 Å². The molecule has 1 N–H and O–H groups in total. The number of nitrogens with one attached hydrogen (secondary N) is 1. The summed E-state index contributed by atoms with van der Waals surface area (Å²) in [6.45, 7) is 7.85. The second-order valence-corrected chi connectivity index (χ2v) is 5.25. The second kappa shape index (κ2) is 10.9. The Hall–Kier alpha value is 0.0300. The molecule has 1 saturated heterocycles. The first-order chi connectivity index (χ1) is 8.27. The molecule has 1 fully saturated rings. The quantitative estimate of drug-likeness (QED) is 0.721. The third kappa shape index (κ3) is 6.83. The summed E-state index contributed by atoms with van der Waals surface area (Å²) in [5, 5.41) is 3.40. The number of carbonyl (C=O) groups excluding carboxylic acids is 1. The smallest absolute Gasteiger partial charge is 0.224 e. The number of rotatable bonds is 7. The van der Waals surface area contributed by atoms with Gasteiger partial charge < -0.3 is 15.0 Å². The van der Waals surface area contributed by atoms with Crippen LogP contribution in [0.3, 0.4) is 0 Å². The lowest BCUT2D eigenvalue weighted by Crippen LogP contribution is -2.43. The largest absolute Gasteiger partial charge is 0.380 e. The summed E-state index contributed by atoms with van der Waals surface area (Å²) >= 11 is 1.93. The van der Waals surface area contributed by atoms with E-state index in [4.69, 9.17) is 4.74 Å². The highest BCUT2D eigenvalue weighted by Crippen LogP contribution is 2.11. The topological polar surface area (TPSA) is 41.6 Å². The van der Waals surface area contributed by atoms with Gasteiger partial charge in [0.05, 0.1) is 6.61 Å². The predicted octanol–water partition coefficient (Wildman–Crippen LogP) is 1.39. The van der Waals surface area contributed by atoms with Crippen molar-refractivity contribution in [3.8, 4) is 0 Å². The van der Waals surface area contributed by atoms with Gasteiger partial charge in [-0.1, -0.05) is 0 Å². The molecule has 0 spiro atoms. The summed E-state index contributed by atoms with van der Waals surface area (Å²) in [4.78, 5) is 13.9. The molecular weight excluding hydrogens is 272 g/mol. The Labute approximate surface area is 121 Å². The number of halogens is 1. The first kappa shape index (κ1) is 18.0. The van der Waals surface area contributed by atoms with Crippen molar-refractivity contribution < 1.29 is 9.53 Å². The van der Waals surface area contributed by atoms with Gasteiger partial charge in [0.1, 0.15) is 0 Å².